The van der Waals surface area contributed by atoms with Gasteiger partial charge in [-0.3, -0.25) is 4.79 Å². The van der Waals surface area contributed by atoms with Gasteiger partial charge in [-0.2, -0.15) is 5.26 Å². The first-order valence-corrected chi connectivity index (χ1v) is 9.71. The number of carbonyl (C=O) groups excluding carboxylic acids is 1. The molecule has 0 aromatic heterocycles. The number of nitrogens with one attached hydrogen (secondary N) is 1. The Labute approximate surface area is 175 Å². The van der Waals surface area contributed by atoms with Crippen LogP contribution in [0.1, 0.15) is 5.56 Å². The molecule has 0 spiro atoms. The number of hydrogen-bond acceptors (Lipinski definition) is 5. The van der Waals surface area contributed by atoms with E-state index in [4.69, 9.17) is 16.3 Å². The zero-order valence-electron chi connectivity index (χ0n) is 16.5. The van der Waals surface area contributed by atoms with Gasteiger partial charge in [0.2, 0.25) is 0 Å². The normalized spacial score (nSPS) is 14.3. The second-order valence-corrected chi connectivity index (χ2v) is 7.17. The van der Waals surface area contributed by atoms with Gasteiger partial charge in [0.1, 0.15) is 17.4 Å². The minimum Gasteiger partial charge on any atom is -0.495 e. The predicted molar refractivity (Wildman–Crippen MR) is 115 cm³/mol. The summed E-state index contributed by atoms with van der Waals surface area (Å²) in [6, 6.07) is 15.2. The minimum absolute atomic E-state index is 0.0624. The Morgan fingerprint density at radius 2 is 1.93 bits per heavy atom. The van der Waals surface area contributed by atoms with Crippen LogP contribution in [0.2, 0.25) is 5.02 Å². The summed E-state index contributed by atoms with van der Waals surface area (Å²) in [5.41, 5.74) is 2.60. The van der Waals surface area contributed by atoms with E-state index in [0.717, 1.165) is 30.1 Å². The zero-order valence-corrected chi connectivity index (χ0v) is 17.2. The van der Waals surface area contributed by atoms with Gasteiger partial charge < -0.3 is 19.9 Å². The Hall–Kier alpha value is -3.17. The van der Waals surface area contributed by atoms with Crippen LogP contribution in [0, 0.1) is 18.3 Å². The van der Waals surface area contributed by atoms with Crippen molar-refractivity contribution < 1.29 is 9.53 Å². The van der Waals surface area contributed by atoms with Crippen LogP contribution in [-0.4, -0.2) is 44.1 Å². The van der Waals surface area contributed by atoms with E-state index in [-0.39, 0.29) is 5.57 Å². The number of carbonyl (C=O) groups is 1. The number of rotatable bonds is 5. The maximum atomic E-state index is 12.5. The molecule has 6 nitrogen and oxygen atoms in total. The number of methoxy groups -OCH3 is 1. The molecule has 3 rings (SSSR count). The summed E-state index contributed by atoms with van der Waals surface area (Å²) >= 11 is 6.10. The Morgan fingerprint density at radius 3 is 2.59 bits per heavy atom. The molecule has 0 atom stereocenters. The van der Waals surface area contributed by atoms with Crippen molar-refractivity contribution in [3.05, 3.63) is 64.8 Å². The van der Waals surface area contributed by atoms with Crippen molar-refractivity contribution in [2.45, 2.75) is 6.92 Å². The lowest BCUT2D eigenvalue weighted by atomic mass is 10.2. The van der Waals surface area contributed by atoms with Gasteiger partial charge in [-0.25, -0.2) is 0 Å². The minimum atomic E-state index is -0.445. The monoisotopic (exact) mass is 410 g/mol. The van der Waals surface area contributed by atoms with Gasteiger partial charge in [-0.05, 0) is 36.8 Å². The van der Waals surface area contributed by atoms with Crippen molar-refractivity contribution in [1.29, 1.82) is 5.26 Å². The molecule has 1 fully saturated rings. The molecule has 7 heteroatoms. The number of aryl methyl sites for hydroxylation is 1. The van der Waals surface area contributed by atoms with E-state index >= 15 is 0 Å². The highest BCUT2D eigenvalue weighted by Gasteiger charge is 2.19. The number of benzene rings is 2. The molecule has 2 aromatic carbocycles. The molecule has 1 aliphatic rings. The summed E-state index contributed by atoms with van der Waals surface area (Å²) in [5, 5.41) is 12.7. The van der Waals surface area contributed by atoms with E-state index < -0.39 is 5.91 Å². The largest absolute Gasteiger partial charge is 0.495 e. The lowest BCUT2D eigenvalue weighted by Gasteiger charge is -2.36. The number of para-hydroxylation sites is 2. The van der Waals surface area contributed by atoms with Crippen LogP contribution in [0.15, 0.2) is 54.2 Å². The fourth-order valence-corrected chi connectivity index (χ4v) is 3.35. The van der Waals surface area contributed by atoms with E-state index in [1.165, 1.54) is 0 Å². The summed E-state index contributed by atoms with van der Waals surface area (Å²) in [6.07, 6.45) is 1.63. The summed E-state index contributed by atoms with van der Waals surface area (Å²) in [4.78, 5) is 16.7. The molecular formula is C22H23ClN4O2. The highest BCUT2D eigenvalue weighted by molar-refractivity contribution is 6.31. The van der Waals surface area contributed by atoms with Gasteiger partial charge in [-0.1, -0.05) is 29.8 Å². The number of ether oxygens (including phenoxy) is 1. The number of nitriles is 1. The van der Waals surface area contributed by atoms with Crippen molar-refractivity contribution in [1.82, 2.24) is 4.90 Å². The number of piperazine rings is 1. The molecular weight excluding hydrogens is 388 g/mol. The second-order valence-electron chi connectivity index (χ2n) is 6.77. The number of amides is 1. The fraction of sp³-hybridized carbons (Fsp3) is 0.273. The number of anilines is 2. The van der Waals surface area contributed by atoms with Crippen LogP contribution < -0.4 is 15.0 Å². The van der Waals surface area contributed by atoms with Crippen LogP contribution in [0.25, 0.3) is 0 Å². The molecule has 2 aromatic rings. The lowest BCUT2D eigenvalue weighted by molar-refractivity contribution is -0.112. The molecule has 1 amide bonds. The summed E-state index contributed by atoms with van der Waals surface area (Å²) in [5.74, 6) is 0.393. The highest BCUT2D eigenvalue weighted by atomic mass is 35.5. The Bertz CT molecular complexity index is 960. The first-order valence-electron chi connectivity index (χ1n) is 9.33. The van der Waals surface area contributed by atoms with Gasteiger partial charge in [-0.15, -0.1) is 0 Å². The third-order valence-corrected chi connectivity index (χ3v) is 5.25. The van der Waals surface area contributed by atoms with Crippen molar-refractivity contribution in [2.24, 2.45) is 0 Å². The van der Waals surface area contributed by atoms with Gasteiger partial charge in [0.25, 0.3) is 5.91 Å². The zero-order chi connectivity index (χ0) is 20.8. The first-order chi connectivity index (χ1) is 14.0. The summed E-state index contributed by atoms with van der Waals surface area (Å²) in [6.45, 7) is 4.83. The van der Waals surface area contributed by atoms with E-state index in [1.54, 1.807) is 25.4 Å². The average Bonchev–Trinajstić information content (AvgIpc) is 2.75. The van der Waals surface area contributed by atoms with Crippen molar-refractivity contribution >= 4 is 28.9 Å². The predicted octanol–water partition coefficient (Wildman–Crippen LogP) is 3.83. The molecule has 1 N–H and O–H groups in total. The SMILES string of the molecule is COc1ccccc1N1CCN(/C=C(/C#N)C(=O)Nc2ccc(C)c(Cl)c2)CC1. The van der Waals surface area contributed by atoms with Crippen LogP contribution in [0.3, 0.4) is 0 Å². The van der Waals surface area contributed by atoms with E-state index in [0.29, 0.717) is 23.8 Å². The van der Waals surface area contributed by atoms with E-state index in [2.05, 4.69) is 10.2 Å². The topological polar surface area (TPSA) is 68.6 Å². The van der Waals surface area contributed by atoms with Gasteiger partial charge >= 0.3 is 0 Å². The molecule has 0 radical (unpaired) electrons. The molecule has 150 valence electrons. The summed E-state index contributed by atoms with van der Waals surface area (Å²) in [7, 11) is 1.66. The number of nitrogens with zero attached hydrogens (tertiary/aromatic N) is 3. The first kappa shape index (κ1) is 20.6. The summed E-state index contributed by atoms with van der Waals surface area (Å²) < 4.78 is 5.44. The van der Waals surface area contributed by atoms with Crippen LogP contribution in [0.4, 0.5) is 11.4 Å². The lowest BCUT2D eigenvalue weighted by Crippen LogP contribution is -2.44. The van der Waals surface area contributed by atoms with Crippen LogP contribution in [0.5, 0.6) is 5.75 Å². The third kappa shape index (κ3) is 5.01. The maximum Gasteiger partial charge on any atom is 0.267 e. The highest BCUT2D eigenvalue weighted by Crippen LogP contribution is 2.28. The van der Waals surface area contributed by atoms with E-state index in [1.807, 2.05) is 48.2 Å². The third-order valence-electron chi connectivity index (χ3n) is 4.85. The van der Waals surface area contributed by atoms with Crippen molar-refractivity contribution in [3.63, 3.8) is 0 Å². The van der Waals surface area contributed by atoms with Gasteiger partial charge in [0.15, 0.2) is 0 Å². The van der Waals surface area contributed by atoms with Crippen molar-refractivity contribution in [3.8, 4) is 11.8 Å². The quantitative estimate of drug-likeness (QED) is 0.599. The number of halogens is 1. The molecule has 0 unspecified atom stereocenters. The Morgan fingerprint density at radius 1 is 1.21 bits per heavy atom. The Kier molecular flexibility index (Phi) is 6.63. The second kappa shape index (κ2) is 9.35. The molecule has 29 heavy (non-hydrogen) atoms. The Balaban J connectivity index is 1.64. The van der Waals surface area contributed by atoms with Gasteiger partial charge in [0.05, 0.1) is 12.8 Å². The molecule has 1 heterocycles. The average molecular weight is 411 g/mol. The fourth-order valence-electron chi connectivity index (χ4n) is 3.17. The molecule has 0 aliphatic carbocycles. The van der Waals surface area contributed by atoms with Crippen LogP contribution >= 0.6 is 11.6 Å². The molecule has 1 saturated heterocycles. The molecule has 0 bridgehead atoms. The maximum absolute atomic E-state index is 12.5. The standard InChI is InChI=1S/C22H23ClN4O2/c1-16-7-8-18(13-19(16)23)25-22(28)17(14-24)15-26-9-11-27(12-10-26)20-5-3-4-6-21(20)29-2/h3-8,13,15H,9-12H2,1-2H3,(H,25,28)/b17-15-. The number of hydrogen-bond donors (Lipinski definition) is 1. The smallest absolute Gasteiger partial charge is 0.267 e. The van der Waals surface area contributed by atoms with Crippen LogP contribution in [-0.2, 0) is 4.79 Å². The molecule has 1 aliphatic heterocycles. The van der Waals surface area contributed by atoms with Crippen molar-refractivity contribution in [2.75, 3.05) is 43.5 Å². The van der Waals surface area contributed by atoms with Gasteiger partial charge in [0, 0.05) is 43.1 Å². The molecule has 0 saturated carbocycles. The van der Waals surface area contributed by atoms with E-state index in [9.17, 15) is 10.1 Å².